The molecule has 4 nitrogen and oxygen atoms in total. The summed E-state index contributed by atoms with van der Waals surface area (Å²) < 4.78 is 0. The smallest absolute Gasteiger partial charge is 0.00771 e. The summed E-state index contributed by atoms with van der Waals surface area (Å²) in [7, 11) is 1.55. The van der Waals surface area contributed by atoms with E-state index in [0.29, 0.717) is 11.8 Å². The molecule has 0 heterocycles. The molecule has 4 heteroatoms. The van der Waals surface area contributed by atoms with Gasteiger partial charge < -0.3 is 5.21 Å². The van der Waals surface area contributed by atoms with E-state index in [9.17, 15) is 5.21 Å². The van der Waals surface area contributed by atoms with Crippen molar-refractivity contribution < 1.29 is 0 Å². The van der Waals surface area contributed by atoms with Crippen LogP contribution >= 0.6 is 0 Å². The molecule has 0 fully saturated rings. The molecule has 0 amide bonds. The molecule has 0 aliphatic rings. The summed E-state index contributed by atoms with van der Waals surface area (Å²) in [6.45, 7) is 2.49. The Hall–Kier alpha value is -0.160. The Labute approximate surface area is 43.0 Å². The first-order valence-electron chi connectivity index (χ1n) is 2.19. The molecule has 0 rings (SSSR count). The van der Waals surface area contributed by atoms with Gasteiger partial charge in [-0.1, -0.05) is 6.92 Å². The molecule has 0 atom stereocenters. The Balaban J connectivity index is 2.83. The van der Waals surface area contributed by atoms with E-state index in [1.807, 2.05) is 6.92 Å². The van der Waals surface area contributed by atoms with Gasteiger partial charge >= 0.3 is 0 Å². The Morgan fingerprint density at radius 1 is 1.71 bits per heavy atom. The van der Waals surface area contributed by atoms with Crippen LogP contribution in [0.3, 0.4) is 0 Å². The number of nitrogens with zero attached hydrogens (tertiary/aromatic N) is 1. The summed E-state index contributed by atoms with van der Waals surface area (Å²) >= 11 is 0. The van der Waals surface area contributed by atoms with Gasteiger partial charge in [-0.2, -0.15) is 0 Å². The normalized spacial score (nSPS) is 10.3. The summed E-state index contributed by atoms with van der Waals surface area (Å²) in [4.78, 5) is 0. The third-order valence-corrected chi connectivity index (χ3v) is 0.505. The fourth-order valence-corrected chi connectivity index (χ4v) is 0.223. The highest BCUT2D eigenvalue weighted by Crippen LogP contribution is 1.60. The van der Waals surface area contributed by atoms with Crippen LogP contribution in [0.5, 0.6) is 0 Å². The molecule has 0 aromatic carbocycles. The zero-order valence-electron chi connectivity index (χ0n) is 4.56. The molecule has 0 aromatic heterocycles. The third kappa shape index (κ3) is 3.68. The zero-order valence-corrected chi connectivity index (χ0v) is 4.56. The van der Waals surface area contributed by atoms with E-state index in [4.69, 9.17) is 0 Å². The molecule has 0 aliphatic heterocycles. The van der Waals surface area contributed by atoms with Crippen LogP contribution in [0.25, 0.3) is 0 Å². The van der Waals surface area contributed by atoms with Gasteiger partial charge in [-0.15, -0.1) is 0 Å². The average molecular weight is 104 g/mol. The largest absolute Gasteiger partial charge is 0.758 e. The van der Waals surface area contributed by atoms with Crippen molar-refractivity contribution in [2.24, 2.45) is 0 Å². The fraction of sp³-hybridized carbons (Fsp3) is 1.00. The molecule has 44 valence electrons. The van der Waals surface area contributed by atoms with Crippen molar-refractivity contribution in [2.75, 3.05) is 13.6 Å². The van der Waals surface area contributed by atoms with Crippen LogP contribution in [0.15, 0.2) is 0 Å². The lowest BCUT2D eigenvalue weighted by Crippen LogP contribution is -2.41. The topological polar surface area (TPSA) is 50.4 Å². The lowest BCUT2D eigenvalue weighted by molar-refractivity contribution is 0.212. The number of hydrazine groups is 2. The molecule has 0 aromatic rings. The van der Waals surface area contributed by atoms with Crippen LogP contribution in [0.1, 0.15) is 6.92 Å². The summed E-state index contributed by atoms with van der Waals surface area (Å²) in [6.07, 6.45) is 0. The van der Waals surface area contributed by atoms with E-state index in [0.717, 1.165) is 0 Å². The van der Waals surface area contributed by atoms with Gasteiger partial charge in [0.1, 0.15) is 0 Å². The van der Waals surface area contributed by atoms with Crippen LogP contribution < -0.4 is 10.9 Å². The molecular weight excluding hydrogens is 94.1 g/mol. The summed E-state index contributed by atoms with van der Waals surface area (Å²) in [5.74, 6) is 0. The highest BCUT2D eigenvalue weighted by atomic mass is 16.6. The second-order valence-corrected chi connectivity index (χ2v) is 1.03. The first-order valence-corrected chi connectivity index (χ1v) is 2.19. The van der Waals surface area contributed by atoms with Gasteiger partial charge in [0.25, 0.3) is 0 Å². The van der Waals surface area contributed by atoms with Gasteiger partial charge in [0.05, 0.1) is 0 Å². The molecule has 0 spiro atoms. The molecule has 0 radical (unpaired) electrons. The Morgan fingerprint density at radius 3 is 2.43 bits per heavy atom. The average Bonchev–Trinajstić information content (AvgIpc) is 1.68. The third-order valence-electron chi connectivity index (χ3n) is 0.505. The minimum atomic E-state index is 0.556. The number of rotatable bonds is 3. The van der Waals surface area contributed by atoms with Crippen LogP contribution in [0.4, 0.5) is 0 Å². The Morgan fingerprint density at radius 2 is 2.29 bits per heavy atom. The first-order chi connectivity index (χ1) is 3.31. The Kier molecular flexibility index (Phi) is 3.92. The van der Waals surface area contributed by atoms with Gasteiger partial charge in [0.15, 0.2) is 0 Å². The first kappa shape index (κ1) is 6.84. The highest BCUT2D eigenvalue weighted by molar-refractivity contribution is 4.34. The molecule has 0 saturated carbocycles. The van der Waals surface area contributed by atoms with Crippen LogP contribution in [0.2, 0.25) is 0 Å². The fourth-order valence-electron chi connectivity index (χ4n) is 0.223. The van der Waals surface area contributed by atoms with Gasteiger partial charge in [-0.05, 0) is 7.05 Å². The zero-order chi connectivity index (χ0) is 5.70. The maximum Gasteiger partial charge on any atom is 0.00771 e. The van der Waals surface area contributed by atoms with Crippen molar-refractivity contribution in [3.05, 3.63) is 5.21 Å². The summed E-state index contributed by atoms with van der Waals surface area (Å²) in [5, 5.41) is 10.7. The van der Waals surface area contributed by atoms with E-state index in [1.165, 1.54) is 0 Å². The lowest BCUT2D eigenvalue weighted by Gasteiger charge is -2.25. The molecule has 7 heavy (non-hydrogen) atoms. The molecular formula is C3H10N3O-. The minimum absolute atomic E-state index is 0.556. The number of hydrogen-bond donors (Lipinski definition) is 2. The molecule has 0 aliphatic carbocycles. The monoisotopic (exact) mass is 104 g/mol. The van der Waals surface area contributed by atoms with E-state index < -0.39 is 0 Å². The standard InChI is InChI=1S/C3H10N3O/c1-3-5-6(7)4-2/h4-5H,3H2,1-2H3/q-1. The van der Waals surface area contributed by atoms with Gasteiger partial charge in [-0.25, -0.2) is 0 Å². The maximum atomic E-state index is 10.1. The molecule has 0 saturated heterocycles. The van der Waals surface area contributed by atoms with Crippen molar-refractivity contribution in [3.8, 4) is 0 Å². The van der Waals surface area contributed by atoms with Crippen LogP contribution in [0, 0.1) is 5.21 Å². The van der Waals surface area contributed by atoms with Crippen molar-refractivity contribution in [1.82, 2.24) is 16.1 Å². The van der Waals surface area contributed by atoms with Crippen molar-refractivity contribution >= 4 is 0 Å². The van der Waals surface area contributed by atoms with Gasteiger partial charge in [0.2, 0.25) is 0 Å². The lowest BCUT2D eigenvalue weighted by atomic mass is 10.8. The second-order valence-electron chi connectivity index (χ2n) is 1.03. The van der Waals surface area contributed by atoms with E-state index in [1.54, 1.807) is 7.05 Å². The second kappa shape index (κ2) is 4.01. The van der Waals surface area contributed by atoms with Crippen molar-refractivity contribution in [1.29, 1.82) is 0 Å². The van der Waals surface area contributed by atoms with E-state index >= 15 is 0 Å². The van der Waals surface area contributed by atoms with Crippen molar-refractivity contribution in [3.63, 3.8) is 0 Å². The molecule has 0 unspecified atom stereocenters. The SMILES string of the molecule is CCNN([O-])NC. The quantitative estimate of drug-likeness (QED) is 0.471. The predicted molar refractivity (Wildman–Crippen MR) is 27.9 cm³/mol. The molecule has 0 bridgehead atoms. The number of nitrogens with one attached hydrogen (secondary N) is 2. The minimum Gasteiger partial charge on any atom is -0.758 e. The molecule has 2 N–H and O–H groups in total. The number of hydrogen-bond acceptors (Lipinski definition) is 4. The van der Waals surface area contributed by atoms with Gasteiger partial charge in [-0.3, -0.25) is 16.1 Å². The van der Waals surface area contributed by atoms with Gasteiger partial charge in [0, 0.05) is 6.54 Å². The van der Waals surface area contributed by atoms with E-state index in [-0.39, 0.29) is 0 Å². The van der Waals surface area contributed by atoms with Crippen molar-refractivity contribution in [2.45, 2.75) is 6.92 Å². The Bertz CT molecular complexity index is 41.2. The van der Waals surface area contributed by atoms with E-state index in [2.05, 4.69) is 10.9 Å². The maximum absolute atomic E-state index is 10.1. The predicted octanol–water partition coefficient (Wildman–Crippen LogP) is -0.555. The van der Waals surface area contributed by atoms with Crippen LogP contribution in [-0.2, 0) is 0 Å². The van der Waals surface area contributed by atoms with Crippen LogP contribution in [-0.4, -0.2) is 18.9 Å². The summed E-state index contributed by atoms with van der Waals surface area (Å²) in [6, 6.07) is 0. The highest BCUT2D eigenvalue weighted by Gasteiger charge is 1.74. The summed E-state index contributed by atoms with van der Waals surface area (Å²) in [5.41, 5.74) is 4.79.